The number of nitrogens with one attached hydrogen (secondary N) is 2. The zero-order valence-electron chi connectivity index (χ0n) is 15.7. The Hall–Kier alpha value is -3.03. The van der Waals surface area contributed by atoms with Gasteiger partial charge in [0.2, 0.25) is 6.79 Å². The second-order valence-electron chi connectivity index (χ2n) is 6.94. The molecule has 1 aliphatic carbocycles. The molecule has 0 spiro atoms. The first kappa shape index (κ1) is 19.7. The lowest BCUT2D eigenvalue weighted by Crippen LogP contribution is -2.48. The van der Waals surface area contributed by atoms with Crippen molar-refractivity contribution >= 4 is 24.0 Å². The zero-order chi connectivity index (χ0) is 19.9. The van der Waals surface area contributed by atoms with Crippen molar-refractivity contribution in [2.45, 2.75) is 38.6 Å². The molecule has 1 aliphatic heterocycles. The molecule has 3 amide bonds. The lowest BCUT2D eigenvalue weighted by Gasteiger charge is -2.29. The lowest BCUT2D eigenvalue weighted by atomic mass is 9.86. The first-order chi connectivity index (χ1) is 13.5. The van der Waals surface area contributed by atoms with Crippen molar-refractivity contribution in [3.05, 3.63) is 29.8 Å². The van der Waals surface area contributed by atoms with Crippen molar-refractivity contribution in [2.24, 2.45) is 5.92 Å². The smallest absolute Gasteiger partial charge is 0.331 e. The largest absolute Gasteiger partial charge is 0.454 e. The van der Waals surface area contributed by atoms with Crippen LogP contribution < -0.4 is 20.1 Å². The van der Waals surface area contributed by atoms with Crippen molar-refractivity contribution < 1.29 is 28.6 Å². The predicted molar refractivity (Wildman–Crippen MR) is 101 cm³/mol. The summed E-state index contributed by atoms with van der Waals surface area (Å²) in [5, 5.41) is 4.99. The zero-order valence-corrected chi connectivity index (χ0v) is 15.7. The van der Waals surface area contributed by atoms with E-state index in [1.165, 1.54) is 6.08 Å². The van der Waals surface area contributed by atoms with Gasteiger partial charge in [-0.2, -0.15) is 0 Å². The van der Waals surface area contributed by atoms with Gasteiger partial charge in [-0.1, -0.05) is 25.8 Å². The van der Waals surface area contributed by atoms with Gasteiger partial charge in [0, 0.05) is 12.1 Å². The third-order valence-corrected chi connectivity index (χ3v) is 4.83. The average molecular weight is 388 g/mol. The molecule has 1 aromatic carbocycles. The van der Waals surface area contributed by atoms with Crippen LogP contribution in [0.1, 0.15) is 38.2 Å². The van der Waals surface area contributed by atoms with E-state index in [4.69, 9.17) is 14.2 Å². The number of urea groups is 1. The number of imide groups is 1. The Labute approximate surface area is 163 Å². The van der Waals surface area contributed by atoms with E-state index in [0.717, 1.165) is 31.2 Å². The molecule has 2 N–H and O–H groups in total. The first-order valence-electron chi connectivity index (χ1n) is 9.36. The van der Waals surface area contributed by atoms with Crippen molar-refractivity contribution in [3.63, 3.8) is 0 Å². The minimum absolute atomic E-state index is 0.0636. The Balaban J connectivity index is 1.39. The number of amides is 3. The number of ether oxygens (including phenoxy) is 3. The maximum atomic E-state index is 11.9. The Bertz CT molecular complexity index is 776. The minimum atomic E-state index is -0.686. The second-order valence-corrected chi connectivity index (χ2v) is 6.94. The Morgan fingerprint density at radius 3 is 2.79 bits per heavy atom. The Morgan fingerprint density at radius 1 is 1.18 bits per heavy atom. The number of fused-ring (bicyclic) bond motifs is 1. The fraction of sp³-hybridized carbons (Fsp3) is 0.450. The van der Waals surface area contributed by atoms with Crippen LogP contribution in [0, 0.1) is 5.92 Å². The van der Waals surface area contributed by atoms with Crippen LogP contribution in [0.4, 0.5) is 4.79 Å². The summed E-state index contributed by atoms with van der Waals surface area (Å²) in [4.78, 5) is 35.4. The monoisotopic (exact) mass is 388 g/mol. The molecule has 1 fully saturated rings. The molecule has 28 heavy (non-hydrogen) atoms. The molecule has 1 saturated carbocycles. The number of carbonyl (C=O) groups excluding carboxylic acids is 3. The molecule has 0 saturated heterocycles. The van der Waals surface area contributed by atoms with Gasteiger partial charge in [0.25, 0.3) is 5.91 Å². The molecule has 0 aromatic heterocycles. The molecule has 0 radical (unpaired) electrons. The van der Waals surface area contributed by atoms with Gasteiger partial charge in [0.15, 0.2) is 18.1 Å². The highest BCUT2D eigenvalue weighted by molar-refractivity contribution is 5.96. The highest BCUT2D eigenvalue weighted by atomic mass is 16.7. The maximum absolute atomic E-state index is 11.9. The van der Waals surface area contributed by atoms with E-state index in [9.17, 15) is 14.4 Å². The fourth-order valence-corrected chi connectivity index (χ4v) is 3.26. The number of rotatable bonds is 5. The summed E-state index contributed by atoms with van der Waals surface area (Å²) in [5.41, 5.74) is 0.728. The van der Waals surface area contributed by atoms with Crippen LogP contribution in [-0.4, -0.2) is 37.3 Å². The highest BCUT2D eigenvalue weighted by Crippen LogP contribution is 2.32. The van der Waals surface area contributed by atoms with E-state index in [1.54, 1.807) is 24.3 Å². The molecule has 1 aromatic rings. The van der Waals surface area contributed by atoms with Crippen molar-refractivity contribution in [1.29, 1.82) is 0 Å². The molecular weight excluding hydrogens is 364 g/mol. The van der Waals surface area contributed by atoms with E-state index >= 15 is 0 Å². The van der Waals surface area contributed by atoms with Crippen LogP contribution in [-0.2, 0) is 14.3 Å². The molecular formula is C20H24N2O6. The van der Waals surface area contributed by atoms with Crippen molar-refractivity contribution in [1.82, 2.24) is 10.6 Å². The van der Waals surface area contributed by atoms with E-state index in [0.29, 0.717) is 17.4 Å². The van der Waals surface area contributed by atoms with Crippen LogP contribution >= 0.6 is 0 Å². The molecule has 0 bridgehead atoms. The first-order valence-corrected chi connectivity index (χ1v) is 9.36. The molecule has 2 aliphatic rings. The molecule has 150 valence electrons. The number of carbonyl (C=O) groups is 3. The highest BCUT2D eigenvalue weighted by Gasteiger charge is 2.23. The standard InChI is InChI=1S/C20H24N2O6/c1-13-4-2-3-5-15(13)21-20(25)22-18(23)11-26-19(24)9-7-14-6-8-16-17(10-14)28-12-27-16/h6-10,13,15H,2-5,11-12H2,1H3,(H2,21,22,23,25)/b9-7+/t13-,15+/m0/s1. The number of hydrogen-bond acceptors (Lipinski definition) is 6. The van der Waals surface area contributed by atoms with Gasteiger partial charge in [-0.25, -0.2) is 9.59 Å². The minimum Gasteiger partial charge on any atom is -0.454 e. The Morgan fingerprint density at radius 2 is 1.96 bits per heavy atom. The number of hydrogen-bond donors (Lipinski definition) is 2. The second kappa shape index (κ2) is 9.25. The normalized spacial score (nSPS) is 20.6. The summed E-state index contributed by atoms with van der Waals surface area (Å²) in [6, 6.07) is 4.74. The summed E-state index contributed by atoms with van der Waals surface area (Å²) in [5.74, 6) is 0.277. The summed E-state index contributed by atoms with van der Waals surface area (Å²) >= 11 is 0. The van der Waals surface area contributed by atoms with Gasteiger partial charge in [0.1, 0.15) is 0 Å². The maximum Gasteiger partial charge on any atom is 0.331 e. The molecule has 8 heteroatoms. The van der Waals surface area contributed by atoms with E-state index in [-0.39, 0.29) is 12.8 Å². The van der Waals surface area contributed by atoms with Gasteiger partial charge in [-0.15, -0.1) is 0 Å². The molecule has 8 nitrogen and oxygen atoms in total. The summed E-state index contributed by atoms with van der Waals surface area (Å²) in [7, 11) is 0. The third-order valence-electron chi connectivity index (χ3n) is 4.83. The predicted octanol–water partition coefficient (Wildman–Crippen LogP) is 2.38. The summed E-state index contributed by atoms with van der Waals surface area (Å²) < 4.78 is 15.3. The molecule has 2 atom stereocenters. The van der Waals surface area contributed by atoms with Crippen LogP contribution in [0.2, 0.25) is 0 Å². The van der Waals surface area contributed by atoms with E-state index in [2.05, 4.69) is 17.6 Å². The third kappa shape index (κ3) is 5.48. The van der Waals surface area contributed by atoms with Crippen LogP contribution in [0.25, 0.3) is 6.08 Å². The van der Waals surface area contributed by atoms with Gasteiger partial charge >= 0.3 is 12.0 Å². The number of esters is 1. The van der Waals surface area contributed by atoms with Crippen LogP contribution in [0.15, 0.2) is 24.3 Å². The van der Waals surface area contributed by atoms with E-state index < -0.39 is 24.5 Å². The van der Waals surface area contributed by atoms with Gasteiger partial charge in [0.05, 0.1) is 0 Å². The van der Waals surface area contributed by atoms with Crippen LogP contribution in [0.5, 0.6) is 11.5 Å². The topological polar surface area (TPSA) is 103 Å². The van der Waals surface area contributed by atoms with Gasteiger partial charge < -0.3 is 19.5 Å². The summed E-state index contributed by atoms with van der Waals surface area (Å²) in [6.45, 7) is 1.73. The molecule has 0 unspecified atom stereocenters. The van der Waals surface area contributed by atoms with Crippen molar-refractivity contribution in [2.75, 3.05) is 13.4 Å². The average Bonchev–Trinajstić information content (AvgIpc) is 3.14. The number of benzene rings is 1. The lowest BCUT2D eigenvalue weighted by molar-refractivity contribution is -0.143. The summed E-state index contributed by atoms with van der Waals surface area (Å²) in [6.07, 6.45) is 6.94. The Kier molecular flexibility index (Phi) is 6.52. The quantitative estimate of drug-likeness (QED) is 0.593. The fourth-order valence-electron chi connectivity index (χ4n) is 3.26. The SMILES string of the molecule is C[C@H]1CCCC[C@H]1NC(=O)NC(=O)COC(=O)/C=C/c1ccc2c(c1)OCO2. The van der Waals surface area contributed by atoms with Gasteiger partial charge in [-0.3, -0.25) is 10.1 Å². The van der Waals surface area contributed by atoms with Crippen molar-refractivity contribution in [3.8, 4) is 11.5 Å². The molecule has 3 rings (SSSR count). The van der Waals surface area contributed by atoms with E-state index in [1.807, 2.05) is 0 Å². The molecule has 1 heterocycles. The van der Waals surface area contributed by atoms with Gasteiger partial charge in [-0.05, 0) is 42.5 Å². The van der Waals surface area contributed by atoms with Crippen LogP contribution in [0.3, 0.4) is 0 Å².